The highest BCUT2D eigenvalue weighted by atomic mass is 16.1. The summed E-state index contributed by atoms with van der Waals surface area (Å²) in [6.45, 7) is 2.09. The van der Waals surface area contributed by atoms with Crippen LogP contribution in [0.15, 0.2) is 0 Å². The summed E-state index contributed by atoms with van der Waals surface area (Å²) in [6, 6.07) is 0. The van der Waals surface area contributed by atoms with Crippen LogP contribution in [0.25, 0.3) is 0 Å². The van der Waals surface area contributed by atoms with Crippen LogP contribution in [0.4, 0.5) is 0 Å². The van der Waals surface area contributed by atoms with E-state index in [1.165, 1.54) is 0 Å². The SMILES string of the molecule is CCCCCC(N)(N)C=O. The van der Waals surface area contributed by atoms with Gasteiger partial charge in [0.15, 0.2) is 6.29 Å². The van der Waals surface area contributed by atoms with E-state index in [2.05, 4.69) is 6.92 Å². The summed E-state index contributed by atoms with van der Waals surface area (Å²) in [5, 5.41) is 0. The molecule has 60 valence electrons. The molecule has 0 saturated heterocycles. The molecule has 0 aromatic rings. The van der Waals surface area contributed by atoms with Crippen molar-refractivity contribution in [1.82, 2.24) is 0 Å². The smallest absolute Gasteiger partial charge is 0.154 e. The molecule has 0 atom stereocenters. The first-order valence-electron chi connectivity index (χ1n) is 3.66. The molecule has 0 unspecified atom stereocenters. The van der Waals surface area contributed by atoms with Crippen molar-refractivity contribution >= 4 is 6.29 Å². The Morgan fingerprint density at radius 2 is 2.00 bits per heavy atom. The molecule has 0 spiro atoms. The molecule has 0 radical (unpaired) electrons. The van der Waals surface area contributed by atoms with Crippen molar-refractivity contribution in [3.63, 3.8) is 0 Å². The van der Waals surface area contributed by atoms with E-state index in [-0.39, 0.29) is 0 Å². The van der Waals surface area contributed by atoms with Crippen LogP contribution in [0.1, 0.15) is 32.6 Å². The molecule has 0 aromatic heterocycles. The van der Waals surface area contributed by atoms with Gasteiger partial charge < -0.3 is 11.5 Å². The van der Waals surface area contributed by atoms with E-state index >= 15 is 0 Å². The van der Waals surface area contributed by atoms with Crippen LogP contribution in [0, 0.1) is 0 Å². The molecule has 0 heterocycles. The van der Waals surface area contributed by atoms with Gasteiger partial charge in [-0.3, -0.25) is 4.79 Å². The molecule has 0 rings (SSSR count). The van der Waals surface area contributed by atoms with Gasteiger partial charge in [0.25, 0.3) is 0 Å². The van der Waals surface area contributed by atoms with E-state index in [1.807, 2.05) is 0 Å². The third-order valence-electron chi connectivity index (χ3n) is 1.43. The second-order valence-corrected chi connectivity index (χ2v) is 2.69. The largest absolute Gasteiger partial charge is 0.307 e. The molecule has 0 fully saturated rings. The topological polar surface area (TPSA) is 69.1 Å². The Labute approximate surface area is 61.8 Å². The highest BCUT2D eigenvalue weighted by Gasteiger charge is 2.15. The quantitative estimate of drug-likeness (QED) is 0.333. The van der Waals surface area contributed by atoms with Crippen molar-refractivity contribution in [3.8, 4) is 0 Å². The predicted octanol–water partition coefficient (Wildman–Crippen LogP) is 0.379. The highest BCUT2D eigenvalue weighted by molar-refractivity contribution is 5.62. The summed E-state index contributed by atoms with van der Waals surface area (Å²) < 4.78 is 0. The van der Waals surface area contributed by atoms with Gasteiger partial charge in [-0.25, -0.2) is 0 Å². The van der Waals surface area contributed by atoms with Crippen LogP contribution in [-0.2, 0) is 4.79 Å². The zero-order valence-corrected chi connectivity index (χ0v) is 6.47. The first-order valence-corrected chi connectivity index (χ1v) is 3.66. The van der Waals surface area contributed by atoms with Crippen LogP contribution in [0.2, 0.25) is 0 Å². The van der Waals surface area contributed by atoms with Gasteiger partial charge in [-0.1, -0.05) is 19.8 Å². The lowest BCUT2D eigenvalue weighted by molar-refractivity contribution is -0.112. The number of carbonyl (C=O) groups excluding carboxylic acids is 1. The maximum atomic E-state index is 10.2. The first kappa shape index (κ1) is 9.59. The van der Waals surface area contributed by atoms with Crippen LogP contribution >= 0.6 is 0 Å². The highest BCUT2D eigenvalue weighted by Crippen LogP contribution is 2.04. The number of rotatable bonds is 5. The summed E-state index contributed by atoms with van der Waals surface area (Å²) in [5.41, 5.74) is 9.64. The van der Waals surface area contributed by atoms with Crippen LogP contribution in [0.3, 0.4) is 0 Å². The fraction of sp³-hybridized carbons (Fsp3) is 0.857. The number of nitrogens with two attached hydrogens (primary N) is 2. The Kier molecular flexibility index (Phi) is 4.23. The zero-order chi connectivity index (χ0) is 8.04. The molecule has 0 amide bonds. The second kappa shape index (κ2) is 4.41. The maximum absolute atomic E-state index is 10.2. The molecular formula is C7H16N2O. The van der Waals surface area contributed by atoms with Crippen molar-refractivity contribution in [3.05, 3.63) is 0 Å². The zero-order valence-electron chi connectivity index (χ0n) is 6.47. The maximum Gasteiger partial charge on any atom is 0.154 e. The third kappa shape index (κ3) is 4.47. The number of hydrogen-bond acceptors (Lipinski definition) is 3. The molecule has 10 heavy (non-hydrogen) atoms. The minimum absolute atomic E-state index is 0.588. The Morgan fingerprint density at radius 1 is 1.40 bits per heavy atom. The standard InChI is InChI=1S/C7H16N2O/c1-2-3-4-5-7(8,9)6-10/h6H,2-5,8-9H2,1H3. The van der Waals surface area contributed by atoms with Crippen molar-refractivity contribution in [2.45, 2.75) is 38.3 Å². The Bertz CT molecular complexity index is 102. The minimum Gasteiger partial charge on any atom is -0.307 e. The summed E-state index contributed by atoms with van der Waals surface area (Å²) >= 11 is 0. The fourth-order valence-corrected chi connectivity index (χ4v) is 0.740. The van der Waals surface area contributed by atoms with Gasteiger partial charge in [-0.15, -0.1) is 0 Å². The normalized spacial score (nSPS) is 11.5. The van der Waals surface area contributed by atoms with E-state index in [4.69, 9.17) is 11.5 Å². The van der Waals surface area contributed by atoms with Crippen LogP contribution in [0.5, 0.6) is 0 Å². The van der Waals surface area contributed by atoms with Gasteiger partial charge in [-0.2, -0.15) is 0 Å². The third-order valence-corrected chi connectivity index (χ3v) is 1.43. The van der Waals surface area contributed by atoms with Gasteiger partial charge in [0.05, 0.1) is 0 Å². The molecule has 0 aliphatic rings. The van der Waals surface area contributed by atoms with Crippen molar-refractivity contribution in [2.24, 2.45) is 11.5 Å². The second-order valence-electron chi connectivity index (χ2n) is 2.69. The van der Waals surface area contributed by atoms with E-state index in [9.17, 15) is 4.79 Å². The molecule has 3 nitrogen and oxygen atoms in total. The van der Waals surface area contributed by atoms with Crippen molar-refractivity contribution in [1.29, 1.82) is 0 Å². The Morgan fingerprint density at radius 3 is 2.40 bits per heavy atom. The van der Waals surface area contributed by atoms with Gasteiger partial charge in [-0.05, 0) is 12.8 Å². The fourth-order valence-electron chi connectivity index (χ4n) is 0.740. The summed E-state index contributed by atoms with van der Waals surface area (Å²) in [4.78, 5) is 10.2. The van der Waals surface area contributed by atoms with E-state index in [1.54, 1.807) is 0 Å². The molecule has 4 N–H and O–H groups in total. The van der Waals surface area contributed by atoms with Crippen LogP contribution in [-0.4, -0.2) is 11.9 Å². The minimum atomic E-state index is -1.09. The van der Waals surface area contributed by atoms with Crippen molar-refractivity contribution in [2.75, 3.05) is 0 Å². The average molecular weight is 144 g/mol. The molecule has 3 heteroatoms. The lowest BCUT2D eigenvalue weighted by Crippen LogP contribution is -2.50. The lowest BCUT2D eigenvalue weighted by Gasteiger charge is -2.15. The van der Waals surface area contributed by atoms with Gasteiger partial charge >= 0.3 is 0 Å². The van der Waals surface area contributed by atoms with Gasteiger partial charge in [0.1, 0.15) is 5.66 Å². The van der Waals surface area contributed by atoms with E-state index in [0.717, 1.165) is 19.3 Å². The average Bonchev–Trinajstić information content (AvgIpc) is 1.89. The molecular weight excluding hydrogens is 128 g/mol. The molecule has 0 aromatic carbocycles. The molecule has 0 aliphatic carbocycles. The summed E-state index contributed by atoms with van der Waals surface area (Å²) in [7, 11) is 0. The number of hydrogen-bond donors (Lipinski definition) is 2. The molecule has 0 aliphatic heterocycles. The Balaban J connectivity index is 3.37. The lowest BCUT2D eigenvalue weighted by atomic mass is 10.1. The first-order chi connectivity index (χ1) is 4.62. The van der Waals surface area contributed by atoms with Gasteiger partial charge in [0, 0.05) is 0 Å². The number of aldehydes is 1. The molecule has 0 saturated carbocycles. The monoisotopic (exact) mass is 144 g/mol. The van der Waals surface area contributed by atoms with Crippen molar-refractivity contribution < 1.29 is 4.79 Å². The molecule has 0 bridgehead atoms. The number of carbonyl (C=O) groups is 1. The van der Waals surface area contributed by atoms with Gasteiger partial charge in [0.2, 0.25) is 0 Å². The van der Waals surface area contributed by atoms with E-state index < -0.39 is 5.66 Å². The number of unbranched alkanes of at least 4 members (excludes halogenated alkanes) is 2. The summed E-state index contributed by atoms with van der Waals surface area (Å²) in [6.07, 6.45) is 4.34. The summed E-state index contributed by atoms with van der Waals surface area (Å²) in [5.74, 6) is 0. The Hall–Kier alpha value is -0.410. The predicted molar refractivity (Wildman–Crippen MR) is 41.3 cm³/mol. The van der Waals surface area contributed by atoms with E-state index in [0.29, 0.717) is 12.7 Å². The van der Waals surface area contributed by atoms with Crippen LogP contribution < -0.4 is 11.5 Å².